The zero-order valence-electron chi connectivity index (χ0n) is 17.7. The number of carbonyl (C=O) groups excluding carboxylic acids is 1. The minimum atomic E-state index is -1.07. The van der Waals surface area contributed by atoms with Crippen LogP contribution in [-0.4, -0.2) is 29.1 Å². The Labute approximate surface area is 181 Å². The van der Waals surface area contributed by atoms with Crippen LogP contribution in [0.15, 0.2) is 11.2 Å². The lowest BCUT2D eigenvalue weighted by Gasteiger charge is -2.43. The van der Waals surface area contributed by atoms with Gasteiger partial charge in [0, 0.05) is 16.4 Å². The van der Waals surface area contributed by atoms with Crippen LogP contribution in [0.25, 0.3) is 10.4 Å². The highest BCUT2D eigenvalue weighted by Crippen LogP contribution is 2.41. The van der Waals surface area contributed by atoms with Crippen molar-refractivity contribution in [2.24, 2.45) is 16.4 Å². The number of hydrogen-bond acceptors (Lipinski definition) is 4. The maximum absolute atomic E-state index is 13.3. The van der Waals surface area contributed by atoms with Gasteiger partial charge in [-0.2, -0.15) is 0 Å². The lowest BCUT2D eigenvalue weighted by molar-refractivity contribution is -0.122. The van der Waals surface area contributed by atoms with E-state index in [1.54, 1.807) is 11.0 Å². The monoisotopic (exact) mass is 428 g/mol. The van der Waals surface area contributed by atoms with Gasteiger partial charge in [0.05, 0.1) is 10.6 Å². The summed E-state index contributed by atoms with van der Waals surface area (Å²) < 4.78 is 0. The molecule has 1 N–H and O–H groups in total. The van der Waals surface area contributed by atoms with Crippen molar-refractivity contribution in [1.82, 2.24) is 0 Å². The fourth-order valence-corrected chi connectivity index (χ4v) is 5.20. The van der Waals surface area contributed by atoms with Gasteiger partial charge in [0.2, 0.25) is 5.91 Å². The van der Waals surface area contributed by atoms with E-state index in [2.05, 4.69) is 21.9 Å². The first-order valence-electron chi connectivity index (χ1n) is 10.5. The smallest absolute Gasteiger partial charge is 0.348 e. The maximum atomic E-state index is 13.3. The Kier molecular flexibility index (Phi) is 6.74. The zero-order chi connectivity index (χ0) is 21.9. The third-order valence-corrected chi connectivity index (χ3v) is 6.73. The zero-order valence-corrected chi connectivity index (χ0v) is 18.5. The first-order valence-corrected chi connectivity index (χ1v) is 11.3. The van der Waals surface area contributed by atoms with Gasteiger partial charge in [-0.3, -0.25) is 4.79 Å². The number of piperidine rings is 1. The van der Waals surface area contributed by atoms with E-state index in [4.69, 9.17) is 5.53 Å². The van der Waals surface area contributed by atoms with Gasteiger partial charge in [-0.15, -0.1) is 11.3 Å². The molecule has 2 fully saturated rings. The second-order valence-electron chi connectivity index (χ2n) is 9.10. The summed E-state index contributed by atoms with van der Waals surface area (Å²) in [5.74, 6) is 5.17. The van der Waals surface area contributed by atoms with Crippen LogP contribution < -0.4 is 4.90 Å². The van der Waals surface area contributed by atoms with E-state index in [0.29, 0.717) is 29.3 Å². The number of nitrogens with zero attached hydrogens (tertiary/aromatic N) is 4. The predicted octanol–water partition coefficient (Wildman–Crippen LogP) is 5.60. The van der Waals surface area contributed by atoms with Gasteiger partial charge >= 0.3 is 5.97 Å². The summed E-state index contributed by atoms with van der Waals surface area (Å²) in [7, 11) is 0. The van der Waals surface area contributed by atoms with E-state index in [1.165, 1.54) is 6.42 Å². The molecule has 8 heteroatoms. The highest BCUT2D eigenvalue weighted by Gasteiger charge is 2.41. The SMILES string of the molecule is CC(C)(C)C#Cc1cc(N2C(=O)[C@@H](N=[N+]=[N-])CCC2C2CCCCC2)c(C(=O)O)s1. The second-order valence-corrected chi connectivity index (χ2v) is 10.2. The van der Waals surface area contributed by atoms with Gasteiger partial charge in [0.25, 0.3) is 0 Å². The molecule has 0 radical (unpaired) electrons. The highest BCUT2D eigenvalue weighted by atomic mass is 32.1. The number of carbonyl (C=O) groups is 2. The Hall–Kier alpha value is -2.49. The number of azide groups is 1. The quantitative estimate of drug-likeness (QED) is 0.292. The van der Waals surface area contributed by atoms with Crippen molar-refractivity contribution in [3.63, 3.8) is 0 Å². The van der Waals surface area contributed by atoms with Crippen molar-refractivity contribution < 1.29 is 14.7 Å². The summed E-state index contributed by atoms with van der Waals surface area (Å²) in [6.45, 7) is 5.97. The normalized spacial score (nSPS) is 22.8. The summed E-state index contributed by atoms with van der Waals surface area (Å²) in [6, 6.07) is 0.860. The van der Waals surface area contributed by atoms with Gasteiger partial charge in [-0.1, -0.05) is 36.2 Å². The average Bonchev–Trinajstić information content (AvgIpc) is 3.12. The number of carboxylic acids is 1. The van der Waals surface area contributed by atoms with Crippen molar-refractivity contribution in [3.05, 3.63) is 26.3 Å². The van der Waals surface area contributed by atoms with E-state index in [-0.39, 0.29) is 22.2 Å². The molecule has 1 aromatic heterocycles. The maximum Gasteiger partial charge on any atom is 0.348 e. The molecule has 0 bridgehead atoms. The summed E-state index contributed by atoms with van der Waals surface area (Å²) in [5.41, 5.74) is 9.05. The molecule has 2 atom stereocenters. The Morgan fingerprint density at radius 2 is 1.97 bits per heavy atom. The van der Waals surface area contributed by atoms with Crippen LogP contribution >= 0.6 is 11.3 Å². The lowest BCUT2D eigenvalue weighted by atomic mass is 9.79. The average molecular weight is 429 g/mol. The summed E-state index contributed by atoms with van der Waals surface area (Å²) in [6.07, 6.45) is 6.72. The van der Waals surface area contributed by atoms with E-state index < -0.39 is 12.0 Å². The van der Waals surface area contributed by atoms with Gasteiger partial charge < -0.3 is 10.0 Å². The summed E-state index contributed by atoms with van der Waals surface area (Å²) >= 11 is 1.10. The molecule has 1 amide bonds. The van der Waals surface area contributed by atoms with Gasteiger partial charge in [-0.05, 0) is 64.0 Å². The van der Waals surface area contributed by atoms with E-state index in [9.17, 15) is 14.7 Å². The number of thiophene rings is 1. The first kappa shape index (κ1) is 22.2. The summed E-state index contributed by atoms with van der Waals surface area (Å²) in [5, 5.41) is 13.5. The van der Waals surface area contributed by atoms with E-state index >= 15 is 0 Å². The molecule has 1 aromatic rings. The fraction of sp³-hybridized carbons (Fsp3) is 0.636. The Morgan fingerprint density at radius 3 is 2.57 bits per heavy atom. The molecule has 30 heavy (non-hydrogen) atoms. The number of anilines is 1. The minimum absolute atomic E-state index is 0.0703. The van der Waals surface area contributed by atoms with Crippen LogP contribution in [0.5, 0.6) is 0 Å². The third-order valence-electron chi connectivity index (χ3n) is 5.70. The Bertz CT molecular complexity index is 924. The molecule has 1 saturated carbocycles. The van der Waals surface area contributed by atoms with Gasteiger partial charge in [-0.25, -0.2) is 4.79 Å². The lowest BCUT2D eigenvalue weighted by Crippen LogP contribution is -2.53. The van der Waals surface area contributed by atoms with Crippen molar-refractivity contribution in [2.75, 3.05) is 4.90 Å². The first-order chi connectivity index (χ1) is 14.2. The van der Waals surface area contributed by atoms with Crippen LogP contribution in [0.3, 0.4) is 0 Å². The molecule has 1 aliphatic heterocycles. The van der Waals surface area contributed by atoms with Crippen LogP contribution in [0, 0.1) is 23.2 Å². The summed E-state index contributed by atoms with van der Waals surface area (Å²) in [4.78, 5) is 30.5. The van der Waals surface area contributed by atoms with Gasteiger partial charge in [0.15, 0.2) is 0 Å². The van der Waals surface area contributed by atoms with E-state index in [0.717, 1.165) is 37.0 Å². The molecule has 1 unspecified atom stereocenters. The molecule has 1 saturated heterocycles. The number of amides is 1. The molecule has 0 spiro atoms. The number of aromatic carboxylic acids is 1. The van der Waals surface area contributed by atoms with Crippen molar-refractivity contribution in [2.45, 2.75) is 77.8 Å². The molecule has 1 aliphatic carbocycles. The molecule has 2 aliphatic rings. The number of hydrogen-bond donors (Lipinski definition) is 1. The molecular formula is C22H28N4O3S. The highest BCUT2D eigenvalue weighted by molar-refractivity contribution is 7.15. The molecule has 0 aromatic carbocycles. The Balaban J connectivity index is 2.06. The third kappa shape index (κ3) is 4.97. The molecule has 2 heterocycles. The van der Waals surface area contributed by atoms with Crippen LogP contribution in [0.2, 0.25) is 0 Å². The van der Waals surface area contributed by atoms with Crippen molar-refractivity contribution in [1.29, 1.82) is 0 Å². The number of rotatable bonds is 4. The number of carboxylic acid groups (broad SMARTS) is 1. The fourth-order valence-electron chi connectivity index (χ4n) is 4.36. The molecule has 160 valence electrons. The Morgan fingerprint density at radius 1 is 1.27 bits per heavy atom. The molecule has 3 rings (SSSR count). The van der Waals surface area contributed by atoms with E-state index in [1.807, 2.05) is 20.8 Å². The standard InChI is InChI=1S/C22H28N4O3S/c1-22(2,3)12-11-15-13-18(19(30-15)21(28)29)26-17(14-7-5-4-6-8-14)10-9-16(20(26)27)24-25-23/h13-14,16-17H,4-10H2,1-3H3,(H,28,29)/t16-,17?/m0/s1. The van der Waals surface area contributed by atoms with Crippen LogP contribution in [-0.2, 0) is 4.79 Å². The predicted molar refractivity (Wildman–Crippen MR) is 118 cm³/mol. The molecular weight excluding hydrogens is 400 g/mol. The second kappa shape index (κ2) is 9.11. The van der Waals surface area contributed by atoms with Crippen LogP contribution in [0.4, 0.5) is 5.69 Å². The topological polar surface area (TPSA) is 106 Å². The largest absolute Gasteiger partial charge is 0.477 e. The minimum Gasteiger partial charge on any atom is -0.477 e. The molecule has 7 nitrogen and oxygen atoms in total. The van der Waals surface area contributed by atoms with Gasteiger partial charge in [0.1, 0.15) is 10.9 Å². The van der Waals surface area contributed by atoms with Crippen molar-refractivity contribution >= 4 is 28.9 Å². The van der Waals surface area contributed by atoms with Crippen LogP contribution in [0.1, 0.15) is 80.3 Å². The van der Waals surface area contributed by atoms with Crippen molar-refractivity contribution in [3.8, 4) is 11.8 Å².